The molecule has 0 spiro atoms. The van der Waals surface area contributed by atoms with Crippen LogP contribution in [-0.4, -0.2) is 9.97 Å². The minimum atomic E-state index is -0.0847. The van der Waals surface area contributed by atoms with Crippen molar-refractivity contribution in [3.63, 3.8) is 0 Å². The summed E-state index contributed by atoms with van der Waals surface area (Å²) in [6.45, 7) is 6.36. The van der Waals surface area contributed by atoms with E-state index >= 15 is 0 Å². The van der Waals surface area contributed by atoms with Gasteiger partial charge in [-0.15, -0.1) is 0 Å². The summed E-state index contributed by atoms with van der Waals surface area (Å²) in [4.78, 5) is 17.8. The zero-order valence-corrected chi connectivity index (χ0v) is 12.9. The van der Waals surface area contributed by atoms with Crippen LogP contribution in [0.2, 0.25) is 0 Å². The van der Waals surface area contributed by atoms with Gasteiger partial charge in [0.05, 0.1) is 0 Å². The number of aromatic nitrogens is 2. The van der Waals surface area contributed by atoms with Crippen LogP contribution in [0.25, 0.3) is 0 Å². The van der Waals surface area contributed by atoms with Crippen molar-refractivity contribution < 1.29 is 0 Å². The third-order valence-corrected chi connectivity index (χ3v) is 3.71. The fourth-order valence-corrected chi connectivity index (χ4v) is 2.49. The lowest BCUT2D eigenvalue weighted by atomic mass is 9.98. The van der Waals surface area contributed by atoms with Gasteiger partial charge in [-0.25, -0.2) is 0 Å². The van der Waals surface area contributed by atoms with E-state index in [-0.39, 0.29) is 5.56 Å². The molecule has 1 aromatic carbocycles. The van der Waals surface area contributed by atoms with Crippen molar-refractivity contribution in [2.45, 2.75) is 39.5 Å². The largest absolute Gasteiger partial charge is 0.336 e. The molecule has 20 heavy (non-hydrogen) atoms. The number of H-pyrrole nitrogens is 2. The summed E-state index contributed by atoms with van der Waals surface area (Å²) >= 11 is 5.01. The summed E-state index contributed by atoms with van der Waals surface area (Å²) < 4.78 is 0.394. The highest BCUT2D eigenvalue weighted by Crippen LogP contribution is 2.16. The van der Waals surface area contributed by atoms with Gasteiger partial charge in [0.25, 0.3) is 5.56 Å². The van der Waals surface area contributed by atoms with Gasteiger partial charge < -0.3 is 4.98 Å². The molecule has 2 N–H and O–H groups in total. The lowest BCUT2D eigenvalue weighted by molar-refractivity contribution is 0.864. The number of nitrogens with one attached hydrogen (secondary N) is 2. The Kier molecular flexibility index (Phi) is 4.55. The Bertz CT molecular complexity index is 696. The average molecular weight is 288 g/mol. The van der Waals surface area contributed by atoms with Crippen LogP contribution in [0.1, 0.15) is 49.1 Å². The van der Waals surface area contributed by atoms with E-state index in [9.17, 15) is 4.79 Å². The first-order valence-electron chi connectivity index (χ1n) is 6.94. The van der Waals surface area contributed by atoms with Gasteiger partial charge in [0.15, 0.2) is 4.77 Å². The smallest absolute Gasteiger partial charge is 0.255 e. The molecule has 0 aliphatic carbocycles. The molecule has 4 heteroatoms. The van der Waals surface area contributed by atoms with Gasteiger partial charge in [0, 0.05) is 17.7 Å². The van der Waals surface area contributed by atoms with Crippen molar-refractivity contribution >= 4 is 12.2 Å². The number of hydrogen-bond donors (Lipinski definition) is 2. The van der Waals surface area contributed by atoms with E-state index in [2.05, 4.69) is 48.1 Å². The summed E-state index contributed by atoms with van der Waals surface area (Å²) in [6, 6.07) is 8.45. The molecule has 0 bridgehead atoms. The number of aryl methyl sites for hydroxylation is 1. The Hall–Kier alpha value is -1.68. The van der Waals surface area contributed by atoms with Gasteiger partial charge in [0.1, 0.15) is 0 Å². The molecule has 3 nitrogen and oxygen atoms in total. The Morgan fingerprint density at radius 3 is 2.35 bits per heavy atom. The van der Waals surface area contributed by atoms with Gasteiger partial charge in [-0.05, 0) is 35.7 Å². The van der Waals surface area contributed by atoms with Gasteiger partial charge in [0.2, 0.25) is 0 Å². The first kappa shape index (κ1) is 14.7. The highest BCUT2D eigenvalue weighted by Gasteiger charge is 2.08. The van der Waals surface area contributed by atoms with Crippen LogP contribution in [0.3, 0.4) is 0 Å². The van der Waals surface area contributed by atoms with Crippen LogP contribution < -0.4 is 5.56 Å². The molecule has 0 amide bonds. The lowest BCUT2D eigenvalue weighted by Gasteiger charge is -2.09. The van der Waals surface area contributed by atoms with Crippen LogP contribution in [-0.2, 0) is 12.8 Å². The molecule has 106 valence electrons. The average Bonchev–Trinajstić information content (AvgIpc) is 2.42. The van der Waals surface area contributed by atoms with E-state index in [1.807, 2.05) is 6.92 Å². The normalized spacial score (nSPS) is 11.0. The fourth-order valence-electron chi connectivity index (χ4n) is 2.27. The Morgan fingerprint density at radius 2 is 1.80 bits per heavy atom. The van der Waals surface area contributed by atoms with E-state index in [0.717, 1.165) is 23.2 Å². The first-order valence-corrected chi connectivity index (χ1v) is 7.35. The number of rotatable bonds is 4. The molecule has 0 aliphatic rings. The minimum absolute atomic E-state index is 0.0847. The lowest BCUT2D eigenvalue weighted by Crippen LogP contribution is -2.18. The van der Waals surface area contributed by atoms with Crippen LogP contribution in [0, 0.1) is 4.77 Å². The molecule has 2 rings (SSSR count). The van der Waals surface area contributed by atoms with Crippen molar-refractivity contribution in [1.82, 2.24) is 9.97 Å². The molecule has 0 aliphatic heterocycles. The Labute approximate surface area is 124 Å². The molecule has 0 saturated carbocycles. The molecular weight excluding hydrogens is 268 g/mol. The maximum atomic E-state index is 12.1. The second kappa shape index (κ2) is 6.18. The summed E-state index contributed by atoms with van der Waals surface area (Å²) in [6.07, 6.45) is 1.40. The van der Waals surface area contributed by atoms with Crippen molar-refractivity contribution in [3.8, 4) is 0 Å². The molecule has 0 atom stereocenters. The van der Waals surface area contributed by atoms with Gasteiger partial charge >= 0.3 is 0 Å². The summed E-state index contributed by atoms with van der Waals surface area (Å²) in [7, 11) is 0. The second-order valence-corrected chi connectivity index (χ2v) is 5.70. The SMILES string of the molecule is CCc1[nH]c(=S)[nH]c(=O)c1Cc1ccc(C(C)C)cc1. The third-order valence-electron chi connectivity index (χ3n) is 3.51. The van der Waals surface area contributed by atoms with Crippen LogP contribution in [0.4, 0.5) is 0 Å². The predicted molar refractivity (Wildman–Crippen MR) is 85.0 cm³/mol. The first-order chi connectivity index (χ1) is 9.51. The van der Waals surface area contributed by atoms with E-state index in [4.69, 9.17) is 12.2 Å². The topological polar surface area (TPSA) is 48.6 Å². The third kappa shape index (κ3) is 3.25. The van der Waals surface area contributed by atoms with Gasteiger partial charge in [-0.1, -0.05) is 45.0 Å². The standard InChI is InChI=1S/C16H20N2OS/c1-4-14-13(15(19)18-16(20)17-14)9-11-5-7-12(8-6-11)10(2)3/h5-8,10H,4,9H2,1-3H3,(H2,17,18,19,20). The minimum Gasteiger partial charge on any atom is -0.336 e. The highest BCUT2D eigenvalue weighted by molar-refractivity contribution is 7.71. The number of hydrogen-bond acceptors (Lipinski definition) is 2. The van der Waals surface area contributed by atoms with Crippen molar-refractivity contribution in [2.75, 3.05) is 0 Å². The molecule has 0 unspecified atom stereocenters. The van der Waals surface area contributed by atoms with Crippen molar-refractivity contribution in [2.24, 2.45) is 0 Å². The molecular formula is C16H20N2OS. The second-order valence-electron chi connectivity index (χ2n) is 5.29. The zero-order valence-electron chi connectivity index (χ0n) is 12.1. The number of benzene rings is 1. The van der Waals surface area contributed by atoms with Gasteiger partial charge in [-0.2, -0.15) is 0 Å². The Balaban J connectivity index is 2.35. The summed E-state index contributed by atoms with van der Waals surface area (Å²) in [5.41, 5.74) is 4.06. The molecule has 2 aromatic rings. The summed E-state index contributed by atoms with van der Waals surface area (Å²) in [5, 5.41) is 0. The quantitative estimate of drug-likeness (QED) is 0.843. The van der Waals surface area contributed by atoms with Gasteiger partial charge in [-0.3, -0.25) is 9.78 Å². The Morgan fingerprint density at radius 1 is 1.15 bits per heavy atom. The zero-order chi connectivity index (χ0) is 14.7. The van der Waals surface area contributed by atoms with E-state index in [1.165, 1.54) is 5.56 Å². The van der Waals surface area contributed by atoms with Crippen molar-refractivity contribution in [3.05, 3.63) is 61.8 Å². The van der Waals surface area contributed by atoms with Crippen LogP contribution >= 0.6 is 12.2 Å². The maximum Gasteiger partial charge on any atom is 0.255 e. The van der Waals surface area contributed by atoms with E-state index in [1.54, 1.807) is 0 Å². The molecule has 0 saturated heterocycles. The fraction of sp³-hybridized carbons (Fsp3) is 0.375. The predicted octanol–water partition coefficient (Wildman–Crippen LogP) is 3.71. The van der Waals surface area contributed by atoms with E-state index in [0.29, 0.717) is 17.1 Å². The molecule has 0 fully saturated rings. The monoisotopic (exact) mass is 288 g/mol. The molecule has 0 radical (unpaired) electrons. The van der Waals surface area contributed by atoms with Crippen LogP contribution in [0.5, 0.6) is 0 Å². The maximum absolute atomic E-state index is 12.1. The molecule has 1 heterocycles. The highest BCUT2D eigenvalue weighted by atomic mass is 32.1. The van der Waals surface area contributed by atoms with Crippen LogP contribution in [0.15, 0.2) is 29.1 Å². The summed E-state index contributed by atoms with van der Waals surface area (Å²) in [5.74, 6) is 0.520. The molecule has 1 aromatic heterocycles. The number of aromatic amines is 2. The van der Waals surface area contributed by atoms with Crippen molar-refractivity contribution in [1.29, 1.82) is 0 Å². The van der Waals surface area contributed by atoms with E-state index < -0.39 is 0 Å².